The maximum atomic E-state index is 12.8. The molecule has 1 unspecified atom stereocenters. The number of aliphatic imine (C=N–C) groups is 1. The second-order valence-electron chi connectivity index (χ2n) is 6.20. The fourth-order valence-electron chi connectivity index (χ4n) is 2.66. The van der Waals surface area contributed by atoms with E-state index >= 15 is 0 Å². The van der Waals surface area contributed by atoms with Crippen molar-refractivity contribution in [2.75, 3.05) is 20.2 Å². The van der Waals surface area contributed by atoms with Crippen LogP contribution < -0.4 is 20.1 Å². The first-order valence-electron chi connectivity index (χ1n) is 9.14. The van der Waals surface area contributed by atoms with Crippen LogP contribution in [0.3, 0.4) is 0 Å². The number of aromatic nitrogens is 2. The van der Waals surface area contributed by atoms with Gasteiger partial charge in [-0.25, -0.2) is 0 Å². The highest BCUT2D eigenvalue weighted by molar-refractivity contribution is 5.79. The largest absolute Gasteiger partial charge is 0.490 e. The molecule has 28 heavy (non-hydrogen) atoms. The monoisotopic (exact) mass is 395 g/mol. The normalized spacial score (nSPS) is 12.7. The molecule has 0 aliphatic carbocycles. The quantitative estimate of drug-likeness (QED) is 0.478. The van der Waals surface area contributed by atoms with Crippen LogP contribution in [0.2, 0.25) is 0 Å². The minimum Gasteiger partial charge on any atom is -0.490 e. The van der Waals surface area contributed by atoms with Gasteiger partial charge < -0.3 is 20.1 Å². The second-order valence-corrected chi connectivity index (χ2v) is 6.20. The van der Waals surface area contributed by atoms with Crippen LogP contribution >= 0.6 is 0 Å². The molecular weight excluding hydrogens is 368 g/mol. The number of benzene rings is 1. The first kappa shape index (κ1) is 21.5. The SMILES string of the molecule is CCOc1cccc(CNC(=NC)NCC(C)Cn2cccn2)c1OC(F)F. The van der Waals surface area contributed by atoms with Crippen molar-refractivity contribution in [3.63, 3.8) is 0 Å². The van der Waals surface area contributed by atoms with E-state index in [1.807, 2.05) is 16.9 Å². The lowest BCUT2D eigenvalue weighted by atomic mass is 10.2. The van der Waals surface area contributed by atoms with E-state index in [0.717, 1.165) is 6.54 Å². The van der Waals surface area contributed by atoms with Gasteiger partial charge in [-0.05, 0) is 25.0 Å². The van der Waals surface area contributed by atoms with Gasteiger partial charge in [0.25, 0.3) is 0 Å². The molecule has 0 amide bonds. The molecule has 1 atom stereocenters. The summed E-state index contributed by atoms with van der Waals surface area (Å²) in [5.74, 6) is 1.21. The Balaban J connectivity index is 1.94. The molecule has 7 nitrogen and oxygen atoms in total. The Kier molecular flexibility index (Phi) is 8.51. The summed E-state index contributed by atoms with van der Waals surface area (Å²) in [7, 11) is 1.65. The number of halogens is 2. The number of nitrogens with zero attached hydrogens (tertiary/aromatic N) is 3. The average Bonchev–Trinajstić information content (AvgIpc) is 3.16. The number of nitrogens with one attached hydrogen (secondary N) is 2. The standard InChI is InChI=1S/C19H27F2N5O2/c1-4-27-16-8-5-7-15(17(16)28-18(20)21)12-24-19(22-3)23-11-14(2)13-26-10-6-9-25-26/h5-10,14,18H,4,11-13H2,1-3H3,(H2,22,23,24). The van der Waals surface area contributed by atoms with Gasteiger partial charge in [0.1, 0.15) is 0 Å². The molecule has 1 heterocycles. The van der Waals surface area contributed by atoms with Gasteiger partial charge in [-0.3, -0.25) is 9.67 Å². The van der Waals surface area contributed by atoms with Gasteiger partial charge in [-0.15, -0.1) is 0 Å². The third-order valence-corrected chi connectivity index (χ3v) is 3.91. The highest BCUT2D eigenvalue weighted by Crippen LogP contribution is 2.32. The smallest absolute Gasteiger partial charge is 0.387 e. The summed E-state index contributed by atoms with van der Waals surface area (Å²) in [4.78, 5) is 4.17. The number of ether oxygens (including phenoxy) is 2. The summed E-state index contributed by atoms with van der Waals surface area (Å²) in [6, 6.07) is 6.94. The van der Waals surface area contributed by atoms with Crippen molar-refractivity contribution < 1.29 is 18.3 Å². The van der Waals surface area contributed by atoms with Gasteiger partial charge in [-0.1, -0.05) is 19.1 Å². The number of alkyl halides is 2. The highest BCUT2D eigenvalue weighted by Gasteiger charge is 2.16. The van der Waals surface area contributed by atoms with Gasteiger partial charge in [0, 0.05) is 44.6 Å². The number of rotatable bonds is 10. The molecule has 1 aromatic heterocycles. The van der Waals surface area contributed by atoms with Gasteiger partial charge in [0.15, 0.2) is 17.5 Å². The van der Waals surface area contributed by atoms with Gasteiger partial charge in [0.05, 0.1) is 6.61 Å². The minimum atomic E-state index is -2.93. The molecule has 0 fully saturated rings. The first-order valence-corrected chi connectivity index (χ1v) is 9.14. The van der Waals surface area contributed by atoms with Crippen LogP contribution in [0.1, 0.15) is 19.4 Å². The fourth-order valence-corrected chi connectivity index (χ4v) is 2.66. The zero-order chi connectivity index (χ0) is 20.4. The molecule has 0 saturated carbocycles. The van der Waals surface area contributed by atoms with E-state index in [1.54, 1.807) is 38.4 Å². The lowest BCUT2D eigenvalue weighted by Gasteiger charge is -2.18. The minimum absolute atomic E-state index is 0.0364. The number of hydrogen-bond donors (Lipinski definition) is 2. The Hall–Kier alpha value is -2.84. The van der Waals surface area contributed by atoms with Crippen molar-refractivity contribution in [1.82, 2.24) is 20.4 Å². The Morgan fingerprint density at radius 1 is 1.29 bits per heavy atom. The Bertz CT molecular complexity index is 738. The van der Waals surface area contributed by atoms with Crippen molar-refractivity contribution in [2.45, 2.75) is 33.5 Å². The average molecular weight is 395 g/mol. The Morgan fingerprint density at radius 3 is 2.75 bits per heavy atom. The molecule has 9 heteroatoms. The molecule has 0 radical (unpaired) electrons. The summed E-state index contributed by atoms with van der Waals surface area (Å²) in [5.41, 5.74) is 0.554. The van der Waals surface area contributed by atoms with Crippen molar-refractivity contribution in [3.8, 4) is 11.5 Å². The molecule has 0 spiro atoms. The van der Waals surface area contributed by atoms with Crippen molar-refractivity contribution in [3.05, 3.63) is 42.2 Å². The first-order chi connectivity index (χ1) is 13.5. The highest BCUT2D eigenvalue weighted by atomic mass is 19.3. The summed E-state index contributed by atoms with van der Waals surface area (Å²) in [6.07, 6.45) is 3.66. The molecule has 0 aliphatic rings. The number of guanidine groups is 1. The van der Waals surface area contributed by atoms with Crippen LogP contribution in [0, 0.1) is 5.92 Å². The number of para-hydroxylation sites is 1. The van der Waals surface area contributed by atoms with Crippen LogP contribution in [-0.2, 0) is 13.1 Å². The maximum Gasteiger partial charge on any atom is 0.387 e. The van der Waals surface area contributed by atoms with Crippen molar-refractivity contribution in [1.29, 1.82) is 0 Å². The van der Waals surface area contributed by atoms with E-state index in [4.69, 9.17) is 4.74 Å². The van der Waals surface area contributed by atoms with E-state index in [1.165, 1.54) is 0 Å². The third kappa shape index (κ3) is 6.71. The lowest BCUT2D eigenvalue weighted by molar-refractivity contribution is -0.0520. The van der Waals surface area contributed by atoms with Crippen LogP contribution in [0.4, 0.5) is 8.78 Å². The predicted octanol–water partition coefficient (Wildman–Crippen LogP) is 2.88. The molecule has 0 saturated heterocycles. The number of hydrogen-bond acceptors (Lipinski definition) is 4. The second kappa shape index (κ2) is 11.1. The van der Waals surface area contributed by atoms with Crippen molar-refractivity contribution >= 4 is 5.96 Å². The fraction of sp³-hybridized carbons (Fsp3) is 0.474. The van der Waals surface area contributed by atoms with Gasteiger partial charge in [-0.2, -0.15) is 13.9 Å². The van der Waals surface area contributed by atoms with E-state index in [2.05, 4.69) is 32.4 Å². The summed E-state index contributed by atoms with van der Waals surface area (Å²) < 4.78 is 37.6. The summed E-state index contributed by atoms with van der Waals surface area (Å²) in [6.45, 7) is 3.03. The van der Waals surface area contributed by atoms with E-state index in [9.17, 15) is 8.78 Å². The molecule has 0 bridgehead atoms. The third-order valence-electron chi connectivity index (χ3n) is 3.91. The van der Waals surface area contributed by atoms with Crippen LogP contribution in [0.15, 0.2) is 41.7 Å². The van der Waals surface area contributed by atoms with Crippen LogP contribution in [-0.4, -0.2) is 42.6 Å². The topological polar surface area (TPSA) is 72.7 Å². The van der Waals surface area contributed by atoms with Crippen LogP contribution in [0.5, 0.6) is 11.5 Å². The molecule has 2 N–H and O–H groups in total. The zero-order valence-corrected chi connectivity index (χ0v) is 16.4. The Morgan fingerprint density at radius 2 is 2.11 bits per heavy atom. The summed E-state index contributed by atoms with van der Waals surface area (Å²) >= 11 is 0. The molecular formula is C19H27F2N5O2. The molecule has 154 valence electrons. The zero-order valence-electron chi connectivity index (χ0n) is 16.4. The molecule has 2 aromatic rings. The molecule has 1 aromatic carbocycles. The van der Waals surface area contributed by atoms with Gasteiger partial charge in [0.2, 0.25) is 0 Å². The Labute approximate surface area is 163 Å². The predicted molar refractivity (Wildman–Crippen MR) is 104 cm³/mol. The van der Waals surface area contributed by atoms with Crippen LogP contribution in [0.25, 0.3) is 0 Å². The van der Waals surface area contributed by atoms with Gasteiger partial charge >= 0.3 is 6.61 Å². The maximum absolute atomic E-state index is 12.8. The molecule has 2 rings (SSSR count). The molecule has 0 aliphatic heterocycles. The van der Waals surface area contributed by atoms with Crippen molar-refractivity contribution in [2.24, 2.45) is 10.9 Å². The summed E-state index contributed by atoms with van der Waals surface area (Å²) in [5, 5.41) is 10.5. The van der Waals surface area contributed by atoms with E-state index < -0.39 is 6.61 Å². The van der Waals surface area contributed by atoms with E-state index in [-0.39, 0.29) is 18.0 Å². The van der Waals surface area contributed by atoms with E-state index in [0.29, 0.717) is 30.6 Å². The lowest BCUT2D eigenvalue weighted by Crippen LogP contribution is -2.39.